The quantitative estimate of drug-likeness (QED) is 0.620. The number of carbonyl (C=O) groups is 2. The van der Waals surface area contributed by atoms with E-state index in [4.69, 9.17) is 10.5 Å². The first-order chi connectivity index (χ1) is 9.02. The maximum atomic E-state index is 11.9. The summed E-state index contributed by atoms with van der Waals surface area (Å²) >= 11 is 0. The van der Waals surface area contributed by atoms with E-state index in [0.717, 1.165) is 5.56 Å². The van der Waals surface area contributed by atoms with Crippen molar-refractivity contribution >= 4 is 17.6 Å². The highest BCUT2D eigenvalue weighted by Gasteiger charge is 2.32. The Morgan fingerprint density at radius 1 is 1.37 bits per heavy atom. The molecule has 0 aliphatic carbocycles. The van der Waals surface area contributed by atoms with Crippen molar-refractivity contribution < 1.29 is 14.3 Å². The van der Waals surface area contributed by atoms with E-state index in [-0.39, 0.29) is 18.2 Å². The molecule has 0 saturated carbocycles. The molecule has 2 rings (SSSR count). The first-order valence-corrected chi connectivity index (χ1v) is 5.97. The summed E-state index contributed by atoms with van der Waals surface area (Å²) < 4.78 is 4.80. The van der Waals surface area contributed by atoms with E-state index < -0.39 is 5.97 Å². The van der Waals surface area contributed by atoms with Crippen LogP contribution in [0.25, 0.3) is 0 Å². The topological polar surface area (TPSA) is 81.4 Å². The molecule has 0 spiro atoms. The Morgan fingerprint density at radius 2 is 2.00 bits per heavy atom. The molecule has 1 unspecified atom stereocenters. The molecule has 0 bridgehead atoms. The summed E-state index contributed by atoms with van der Waals surface area (Å²) in [6, 6.07) is 7.17. The van der Waals surface area contributed by atoms with Crippen molar-refractivity contribution in [2.24, 2.45) is 0 Å². The zero-order valence-corrected chi connectivity index (χ0v) is 10.9. The number of nitrogens with two attached hydrogens (primary N) is 1. The van der Waals surface area contributed by atoms with Crippen LogP contribution in [0.2, 0.25) is 0 Å². The summed E-state index contributed by atoms with van der Waals surface area (Å²) in [7, 11) is 1.33. The van der Waals surface area contributed by atoms with Crippen LogP contribution in [0.4, 0.5) is 5.69 Å². The van der Waals surface area contributed by atoms with Crippen LogP contribution in [0.5, 0.6) is 0 Å². The Labute approximate surface area is 111 Å². The third kappa shape index (κ3) is 2.59. The number of allylic oxidation sites excluding steroid dienone is 1. The van der Waals surface area contributed by atoms with Gasteiger partial charge in [-0.25, -0.2) is 4.79 Å². The molecule has 5 heteroatoms. The molecule has 0 aromatic heterocycles. The summed E-state index contributed by atoms with van der Waals surface area (Å²) in [6.07, 6.45) is 0.228. The minimum absolute atomic E-state index is 0.105. The second-order valence-electron chi connectivity index (χ2n) is 4.50. The third-order valence-electron chi connectivity index (χ3n) is 3.21. The number of methoxy groups -OCH3 is 1. The van der Waals surface area contributed by atoms with Crippen molar-refractivity contribution in [2.75, 3.05) is 12.8 Å². The number of hydrogen-bond donors (Lipinski definition) is 2. The largest absolute Gasteiger partial charge is 0.466 e. The summed E-state index contributed by atoms with van der Waals surface area (Å²) in [4.78, 5) is 23.5. The maximum Gasteiger partial charge on any atom is 0.336 e. The smallest absolute Gasteiger partial charge is 0.336 e. The lowest BCUT2D eigenvalue weighted by atomic mass is 9.84. The van der Waals surface area contributed by atoms with Crippen molar-refractivity contribution in [2.45, 2.75) is 19.3 Å². The molecule has 0 radical (unpaired) electrons. The number of hydrogen-bond acceptors (Lipinski definition) is 4. The molecule has 100 valence electrons. The predicted molar refractivity (Wildman–Crippen MR) is 71.1 cm³/mol. The predicted octanol–water partition coefficient (Wildman–Crippen LogP) is 1.32. The fourth-order valence-electron chi connectivity index (χ4n) is 2.29. The van der Waals surface area contributed by atoms with Crippen LogP contribution >= 0.6 is 0 Å². The van der Waals surface area contributed by atoms with Gasteiger partial charge in [0.2, 0.25) is 5.91 Å². The number of ether oxygens (including phenoxy) is 1. The Morgan fingerprint density at radius 3 is 2.58 bits per heavy atom. The van der Waals surface area contributed by atoms with Crippen LogP contribution in [0.1, 0.15) is 24.8 Å². The minimum Gasteiger partial charge on any atom is -0.466 e. The molecule has 1 aliphatic heterocycles. The van der Waals surface area contributed by atoms with Crippen LogP contribution in [0.15, 0.2) is 35.5 Å². The lowest BCUT2D eigenvalue weighted by Crippen LogP contribution is -2.34. The van der Waals surface area contributed by atoms with Crippen molar-refractivity contribution in [1.29, 1.82) is 0 Å². The van der Waals surface area contributed by atoms with Crippen LogP contribution in [0.3, 0.4) is 0 Å². The monoisotopic (exact) mass is 260 g/mol. The molecule has 0 saturated heterocycles. The highest BCUT2D eigenvalue weighted by molar-refractivity contribution is 5.95. The molecule has 5 nitrogen and oxygen atoms in total. The van der Waals surface area contributed by atoms with E-state index in [9.17, 15) is 9.59 Å². The van der Waals surface area contributed by atoms with Gasteiger partial charge >= 0.3 is 5.97 Å². The number of anilines is 1. The first kappa shape index (κ1) is 13.1. The lowest BCUT2D eigenvalue weighted by molar-refractivity contribution is -0.136. The summed E-state index contributed by atoms with van der Waals surface area (Å²) in [6.45, 7) is 1.70. The number of rotatable bonds is 2. The molecular formula is C14H16N2O3. The fourth-order valence-corrected chi connectivity index (χ4v) is 2.29. The molecule has 3 N–H and O–H groups in total. The van der Waals surface area contributed by atoms with Crippen molar-refractivity contribution in [3.05, 3.63) is 41.1 Å². The Bertz CT molecular complexity index is 546. The van der Waals surface area contributed by atoms with Gasteiger partial charge in [0.15, 0.2) is 0 Å². The molecule has 0 fully saturated rings. The van der Waals surface area contributed by atoms with Gasteiger partial charge < -0.3 is 15.8 Å². The number of carbonyl (C=O) groups excluding carboxylic acids is 2. The molecule has 1 aromatic rings. The van der Waals surface area contributed by atoms with Crippen LogP contribution in [-0.2, 0) is 14.3 Å². The van der Waals surface area contributed by atoms with Crippen molar-refractivity contribution in [3.8, 4) is 0 Å². The van der Waals surface area contributed by atoms with Crippen molar-refractivity contribution in [1.82, 2.24) is 5.32 Å². The van der Waals surface area contributed by atoms with E-state index in [1.165, 1.54) is 7.11 Å². The molecule has 19 heavy (non-hydrogen) atoms. The molecule has 1 amide bonds. The molecule has 1 aromatic carbocycles. The zero-order valence-electron chi connectivity index (χ0n) is 10.9. The number of nitrogen functional groups attached to an aromatic ring is 1. The van der Waals surface area contributed by atoms with E-state index in [0.29, 0.717) is 17.0 Å². The minimum atomic E-state index is -0.417. The second kappa shape index (κ2) is 5.14. The SMILES string of the molecule is COC(=O)C1=C(C)NC(=O)CC1c1ccc(N)cc1. The van der Waals surface area contributed by atoms with Gasteiger partial charge in [-0.05, 0) is 24.6 Å². The van der Waals surface area contributed by atoms with E-state index >= 15 is 0 Å². The normalized spacial score (nSPS) is 19.1. The van der Waals surface area contributed by atoms with Crippen LogP contribution in [0, 0.1) is 0 Å². The van der Waals surface area contributed by atoms with Crippen LogP contribution in [-0.4, -0.2) is 19.0 Å². The highest BCUT2D eigenvalue weighted by Crippen LogP contribution is 2.33. The Balaban J connectivity index is 2.46. The number of nitrogens with one attached hydrogen (secondary N) is 1. The van der Waals surface area contributed by atoms with Crippen LogP contribution < -0.4 is 11.1 Å². The Hall–Kier alpha value is -2.30. The van der Waals surface area contributed by atoms with Gasteiger partial charge in [-0.3, -0.25) is 4.79 Å². The average Bonchev–Trinajstić information content (AvgIpc) is 2.38. The molecule has 1 heterocycles. The third-order valence-corrected chi connectivity index (χ3v) is 3.21. The van der Waals surface area contributed by atoms with Gasteiger partial charge in [-0.1, -0.05) is 12.1 Å². The van der Waals surface area contributed by atoms with E-state index in [1.54, 1.807) is 19.1 Å². The Kier molecular flexibility index (Phi) is 3.55. The maximum absolute atomic E-state index is 11.9. The number of esters is 1. The molecule has 1 atom stereocenters. The standard InChI is InChI=1S/C14H16N2O3/c1-8-13(14(18)19-2)11(7-12(17)16-8)9-3-5-10(15)6-4-9/h3-6,11H,7,15H2,1-2H3,(H,16,17). The van der Waals surface area contributed by atoms with Crippen molar-refractivity contribution in [3.63, 3.8) is 0 Å². The molecule has 1 aliphatic rings. The molecular weight excluding hydrogens is 244 g/mol. The summed E-state index contributed by atoms with van der Waals surface area (Å²) in [5, 5.41) is 2.67. The lowest BCUT2D eigenvalue weighted by Gasteiger charge is -2.26. The van der Waals surface area contributed by atoms with Gasteiger partial charge in [0.1, 0.15) is 0 Å². The summed E-state index contributed by atoms with van der Waals surface area (Å²) in [5.41, 5.74) is 8.21. The van der Waals surface area contributed by atoms with E-state index in [1.807, 2.05) is 12.1 Å². The zero-order chi connectivity index (χ0) is 14.0. The summed E-state index contributed by atoms with van der Waals surface area (Å²) in [5.74, 6) is -0.812. The van der Waals surface area contributed by atoms with Gasteiger partial charge in [0, 0.05) is 23.7 Å². The average molecular weight is 260 g/mol. The number of amides is 1. The van der Waals surface area contributed by atoms with Gasteiger partial charge in [-0.15, -0.1) is 0 Å². The van der Waals surface area contributed by atoms with Gasteiger partial charge in [0.25, 0.3) is 0 Å². The highest BCUT2D eigenvalue weighted by atomic mass is 16.5. The first-order valence-electron chi connectivity index (χ1n) is 5.97. The van der Waals surface area contributed by atoms with Gasteiger partial charge in [-0.2, -0.15) is 0 Å². The number of benzene rings is 1. The van der Waals surface area contributed by atoms with E-state index in [2.05, 4.69) is 5.32 Å². The van der Waals surface area contributed by atoms with Gasteiger partial charge in [0.05, 0.1) is 12.7 Å². The second-order valence-corrected chi connectivity index (χ2v) is 4.50. The fraction of sp³-hybridized carbons (Fsp3) is 0.286.